The fraction of sp³-hybridized carbons (Fsp3) is 0.632. The van der Waals surface area contributed by atoms with Crippen molar-refractivity contribution in [2.24, 2.45) is 5.92 Å². The van der Waals surface area contributed by atoms with Crippen molar-refractivity contribution in [1.82, 2.24) is 9.80 Å². The molecular weight excluding hydrogens is 302 g/mol. The number of carbonyl (C=O) groups is 1. The Bertz CT molecular complexity index is 539. The highest BCUT2D eigenvalue weighted by molar-refractivity contribution is 5.81. The summed E-state index contributed by atoms with van der Waals surface area (Å²) in [6.07, 6.45) is 1.96. The van der Waals surface area contributed by atoms with Crippen LogP contribution in [0.15, 0.2) is 30.3 Å². The summed E-state index contributed by atoms with van der Waals surface area (Å²) in [4.78, 5) is 19.0. The molecule has 3 rings (SSSR count). The molecule has 2 atom stereocenters. The van der Waals surface area contributed by atoms with E-state index < -0.39 is 0 Å². The number of nitrogens with zero attached hydrogens (tertiary/aromatic N) is 3. The Labute approximate surface area is 144 Å². The first-order valence-electron chi connectivity index (χ1n) is 9.03. The van der Waals surface area contributed by atoms with Gasteiger partial charge in [0.2, 0.25) is 5.91 Å². The van der Waals surface area contributed by atoms with Crippen LogP contribution in [-0.4, -0.2) is 72.7 Å². The van der Waals surface area contributed by atoms with Crippen molar-refractivity contribution in [3.05, 3.63) is 30.3 Å². The van der Waals surface area contributed by atoms with Crippen molar-refractivity contribution in [3.8, 4) is 0 Å². The first-order chi connectivity index (χ1) is 11.6. The summed E-state index contributed by atoms with van der Waals surface area (Å²) < 4.78 is 0. The lowest BCUT2D eigenvalue weighted by Gasteiger charge is -2.38. The molecule has 1 saturated heterocycles. The van der Waals surface area contributed by atoms with Gasteiger partial charge >= 0.3 is 0 Å². The molecule has 1 aromatic carbocycles. The molecule has 1 saturated carbocycles. The third-order valence-corrected chi connectivity index (χ3v) is 5.37. The Morgan fingerprint density at radius 3 is 2.42 bits per heavy atom. The van der Waals surface area contributed by atoms with Crippen molar-refractivity contribution in [2.75, 3.05) is 44.7 Å². The minimum Gasteiger partial charge on any atom is -0.392 e. The molecule has 0 radical (unpaired) electrons. The second-order valence-electron chi connectivity index (χ2n) is 7.17. The summed E-state index contributed by atoms with van der Waals surface area (Å²) in [5, 5.41) is 10.1. The van der Waals surface area contributed by atoms with E-state index in [0.29, 0.717) is 12.5 Å². The van der Waals surface area contributed by atoms with E-state index in [1.807, 2.05) is 29.8 Å². The first kappa shape index (κ1) is 17.2. The van der Waals surface area contributed by atoms with Crippen molar-refractivity contribution in [2.45, 2.75) is 31.9 Å². The standard InChI is InChI=1S/C19H29N3O2/c1-15(20(2)14-18(23)16-8-9-16)19(24)22-12-10-21(11-13-22)17-6-4-3-5-7-17/h3-7,15-16,18,23H,8-14H2,1-2H3. The van der Waals surface area contributed by atoms with E-state index in [1.54, 1.807) is 0 Å². The van der Waals surface area contributed by atoms with Gasteiger partial charge in [-0.2, -0.15) is 0 Å². The monoisotopic (exact) mass is 331 g/mol. The molecule has 1 aliphatic carbocycles. The average molecular weight is 331 g/mol. The number of rotatable bonds is 6. The Hall–Kier alpha value is -1.59. The lowest BCUT2D eigenvalue weighted by molar-refractivity contribution is -0.136. The maximum absolute atomic E-state index is 12.7. The molecule has 0 aromatic heterocycles. The lowest BCUT2D eigenvalue weighted by Crippen LogP contribution is -2.54. The van der Waals surface area contributed by atoms with Gasteiger partial charge in [0.15, 0.2) is 0 Å². The van der Waals surface area contributed by atoms with E-state index in [2.05, 4.69) is 29.2 Å². The van der Waals surface area contributed by atoms with Gasteiger partial charge < -0.3 is 14.9 Å². The minimum absolute atomic E-state index is 0.174. The number of para-hydroxylation sites is 1. The van der Waals surface area contributed by atoms with Crippen LogP contribution in [-0.2, 0) is 4.79 Å². The van der Waals surface area contributed by atoms with Crippen LogP contribution in [0.1, 0.15) is 19.8 Å². The van der Waals surface area contributed by atoms with Gasteiger partial charge in [0.1, 0.15) is 0 Å². The Morgan fingerprint density at radius 2 is 1.83 bits per heavy atom. The maximum Gasteiger partial charge on any atom is 0.239 e. The molecule has 0 bridgehead atoms. The molecule has 2 fully saturated rings. The molecule has 1 aliphatic heterocycles. The number of aliphatic hydroxyl groups is 1. The number of aliphatic hydroxyl groups excluding tert-OH is 1. The molecule has 1 N–H and O–H groups in total. The lowest BCUT2D eigenvalue weighted by atomic mass is 10.1. The van der Waals surface area contributed by atoms with Crippen molar-refractivity contribution in [3.63, 3.8) is 0 Å². The quantitative estimate of drug-likeness (QED) is 0.857. The molecule has 2 aliphatic rings. The highest BCUT2D eigenvalue weighted by Gasteiger charge is 2.33. The molecule has 1 amide bonds. The smallest absolute Gasteiger partial charge is 0.239 e. The van der Waals surface area contributed by atoms with Crippen molar-refractivity contribution >= 4 is 11.6 Å². The van der Waals surface area contributed by atoms with Gasteiger partial charge in [0.05, 0.1) is 12.1 Å². The van der Waals surface area contributed by atoms with Gasteiger partial charge in [0.25, 0.3) is 0 Å². The molecule has 5 nitrogen and oxygen atoms in total. The number of piperazine rings is 1. The summed E-state index contributed by atoms with van der Waals surface area (Å²) in [6.45, 7) is 5.80. The Balaban J connectivity index is 1.48. The van der Waals surface area contributed by atoms with Crippen LogP contribution in [0.3, 0.4) is 0 Å². The predicted octanol–water partition coefficient (Wildman–Crippen LogP) is 1.43. The van der Waals surface area contributed by atoms with E-state index in [4.69, 9.17) is 0 Å². The van der Waals surface area contributed by atoms with E-state index >= 15 is 0 Å². The molecular formula is C19H29N3O2. The number of likely N-dealkylation sites (N-methyl/N-ethyl adjacent to an activating group) is 1. The van der Waals surface area contributed by atoms with Crippen LogP contribution in [0.25, 0.3) is 0 Å². The van der Waals surface area contributed by atoms with Crippen LogP contribution in [0, 0.1) is 5.92 Å². The second kappa shape index (κ2) is 7.53. The number of hydrogen-bond donors (Lipinski definition) is 1. The largest absolute Gasteiger partial charge is 0.392 e. The van der Waals surface area contributed by atoms with Crippen LogP contribution >= 0.6 is 0 Å². The number of carbonyl (C=O) groups excluding carboxylic acids is 1. The summed E-state index contributed by atoms with van der Waals surface area (Å²) in [5.74, 6) is 0.623. The van der Waals surface area contributed by atoms with E-state index in [0.717, 1.165) is 39.0 Å². The first-order valence-corrected chi connectivity index (χ1v) is 9.03. The van der Waals surface area contributed by atoms with Crippen LogP contribution in [0.2, 0.25) is 0 Å². The minimum atomic E-state index is -0.292. The van der Waals surface area contributed by atoms with Crippen molar-refractivity contribution < 1.29 is 9.90 Å². The van der Waals surface area contributed by atoms with Crippen LogP contribution < -0.4 is 4.90 Å². The van der Waals surface area contributed by atoms with Gasteiger partial charge in [-0.05, 0) is 44.9 Å². The molecule has 5 heteroatoms. The van der Waals surface area contributed by atoms with Gasteiger partial charge in [-0.15, -0.1) is 0 Å². The predicted molar refractivity (Wildman–Crippen MR) is 96.1 cm³/mol. The molecule has 24 heavy (non-hydrogen) atoms. The Kier molecular flexibility index (Phi) is 5.41. The summed E-state index contributed by atoms with van der Waals surface area (Å²) in [5.41, 5.74) is 1.22. The fourth-order valence-electron chi connectivity index (χ4n) is 3.36. The van der Waals surface area contributed by atoms with Gasteiger partial charge in [0, 0.05) is 38.4 Å². The fourth-order valence-corrected chi connectivity index (χ4v) is 3.36. The van der Waals surface area contributed by atoms with Crippen LogP contribution in [0.4, 0.5) is 5.69 Å². The number of hydrogen-bond acceptors (Lipinski definition) is 4. The van der Waals surface area contributed by atoms with Gasteiger partial charge in [-0.3, -0.25) is 9.69 Å². The third kappa shape index (κ3) is 4.08. The third-order valence-electron chi connectivity index (χ3n) is 5.37. The second-order valence-corrected chi connectivity index (χ2v) is 7.17. The highest BCUT2D eigenvalue weighted by Crippen LogP contribution is 2.32. The van der Waals surface area contributed by atoms with Gasteiger partial charge in [-0.25, -0.2) is 0 Å². The summed E-state index contributed by atoms with van der Waals surface area (Å²) in [6, 6.07) is 10.2. The zero-order valence-corrected chi connectivity index (χ0v) is 14.8. The zero-order chi connectivity index (χ0) is 17.1. The number of benzene rings is 1. The molecule has 132 valence electrons. The van der Waals surface area contributed by atoms with Crippen molar-refractivity contribution in [1.29, 1.82) is 0 Å². The van der Waals surface area contributed by atoms with E-state index in [9.17, 15) is 9.90 Å². The topological polar surface area (TPSA) is 47.0 Å². The van der Waals surface area contributed by atoms with Crippen LogP contribution in [0.5, 0.6) is 0 Å². The normalized spacial score (nSPS) is 21.0. The molecule has 1 heterocycles. The van der Waals surface area contributed by atoms with E-state index in [1.165, 1.54) is 5.69 Å². The van der Waals surface area contributed by atoms with E-state index in [-0.39, 0.29) is 18.1 Å². The maximum atomic E-state index is 12.7. The molecule has 2 unspecified atom stereocenters. The Morgan fingerprint density at radius 1 is 1.21 bits per heavy atom. The molecule has 1 aromatic rings. The summed E-state index contributed by atoms with van der Waals surface area (Å²) in [7, 11) is 1.94. The number of amides is 1. The number of anilines is 1. The SMILES string of the molecule is CC(C(=O)N1CCN(c2ccccc2)CC1)N(C)CC(O)C1CC1. The van der Waals surface area contributed by atoms with Gasteiger partial charge in [-0.1, -0.05) is 18.2 Å². The highest BCUT2D eigenvalue weighted by atomic mass is 16.3. The summed E-state index contributed by atoms with van der Waals surface area (Å²) >= 11 is 0. The average Bonchev–Trinajstić information content (AvgIpc) is 3.46. The molecule has 0 spiro atoms. The zero-order valence-electron chi connectivity index (χ0n) is 14.8.